The topological polar surface area (TPSA) is 110 Å². The lowest BCUT2D eigenvalue weighted by molar-refractivity contribution is -0.136. The molecule has 4 aromatic rings. The van der Waals surface area contributed by atoms with E-state index in [0.717, 1.165) is 6.20 Å². The summed E-state index contributed by atoms with van der Waals surface area (Å²) in [6.45, 7) is 0.177. The van der Waals surface area contributed by atoms with Crippen molar-refractivity contribution in [1.29, 1.82) is 0 Å². The highest BCUT2D eigenvalue weighted by atomic mass is 19.1. The molecule has 0 aliphatic rings. The van der Waals surface area contributed by atoms with E-state index in [1.54, 1.807) is 30.3 Å². The molecule has 0 spiro atoms. The van der Waals surface area contributed by atoms with Crippen LogP contribution in [0.4, 0.5) is 14.6 Å². The van der Waals surface area contributed by atoms with Crippen LogP contribution >= 0.6 is 0 Å². The molecule has 0 aliphatic heterocycles. The maximum atomic E-state index is 14.3. The highest BCUT2D eigenvalue weighted by Crippen LogP contribution is 2.26. The second-order valence-electron chi connectivity index (χ2n) is 6.98. The molecule has 0 atom stereocenters. The number of anilines is 1. The van der Waals surface area contributed by atoms with Gasteiger partial charge in [-0.15, -0.1) is 0 Å². The summed E-state index contributed by atoms with van der Waals surface area (Å²) in [5.41, 5.74) is 1.74. The molecule has 164 valence electrons. The van der Waals surface area contributed by atoms with Crippen LogP contribution in [0.3, 0.4) is 0 Å². The van der Waals surface area contributed by atoms with E-state index < -0.39 is 11.8 Å². The minimum Gasteiger partial charge on any atom is -0.481 e. The highest BCUT2D eigenvalue weighted by molar-refractivity contribution is 5.67. The first-order valence-electron chi connectivity index (χ1n) is 9.60. The smallest absolute Gasteiger partial charge is 0.305 e. The molecule has 0 fully saturated rings. The third-order valence-corrected chi connectivity index (χ3v) is 4.74. The van der Waals surface area contributed by atoms with Crippen LogP contribution in [0.25, 0.3) is 22.9 Å². The Kier molecular flexibility index (Phi) is 5.88. The summed E-state index contributed by atoms with van der Waals surface area (Å²) in [6.07, 6.45) is 2.22. The van der Waals surface area contributed by atoms with Crippen LogP contribution in [-0.4, -0.2) is 49.6 Å². The molecule has 0 amide bonds. The van der Waals surface area contributed by atoms with Gasteiger partial charge >= 0.3 is 5.97 Å². The van der Waals surface area contributed by atoms with Crippen molar-refractivity contribution in [3.8, 4) is 22.9 Å². The van der Waals surface area contributed by atoms with E-state index in [9.17, 15) is 13.6 Å². The van der Waals surface area contributed by atoms with Gasteiger partial charge in [-0.1, -0.05) is 23.4 Å². The normalized spacial score (nSPS) is 11.0. The highest BCUT2D eigenvalue weighted by Gasteiger charge is 2.19. The van der Waals surface area contributed by atoms with Crippen LogP contribution in [-0.2, 0) is 11.3 Å². The van der Waals surface area contributed by atoms with Crippen molar-refractivity contribution in [2.75, 3.05) is 18.5 Å². The molecule has 0 aliphatic carbocycles. The van der Waals surface area contributed by atoms with E-state index in [-0.39, 0.29) is 37.0 Å². The first-order chi connectivity index (χ1) is 15.4. The molecule has 0 unspecified atom stereocenters. The zero-order valence-corrected chi connectivity index (χ0v) is 16.9. The number of nitrogens with zero attached hydrogens (tertiary/aromatic N) is 6. The molecule has 3 heterocycles. The molecule has 3 aromatic heterocycles. The summed E-state index contributed by atoms with van der Waals surface area (Å²) in [7, 11) is 1.54. The van der Waals surface area contributed by atoms with Crippen molar-refractivity contribution in [3.63, 3.8) is 0 Å². The molecule has 32 heavy (non-hydrogen) atoms. The Balaban J connectivity index is 1.72. The maximum Gasteiger partial charge on any atom is 0.305 e. The van der Waals surface area contributed by atoms with Crippen LogP contribution < -0.4 is 4.90 Å². The predicted octanol–water partition coefficient (Wildman–Crippen LogP) is 3.23. The average Bonchev–Trinajstić information content (AvgIpc) is 3.44. The van der Waals surface area contributed by atoms with Gasteiger partial charge in [0.05, 0.1) is 24.9 Å². The van der Waals surface area contributed by atoms with Gasteiger partial charge in [0.2, 0.25) is 0 Å². The molecular formula is C21H18F2N6O3. The number of halogens is 2. The predicted molar refractivity (Wildman–Crippen MR) is 110 cm³/mol. The number of aliphatic carboxylic acids is 1. The van der Waals surface area contributed by atoms with Gasteiger partial charge in [0.25, 0.3) is 0 Å². The van der Waals surface area contributed by atoms with Crippen LogP contribution in [0.2, 0.25) is 0 Å². The quantitative estimate of drug-likeness (QED) is 0.445. The lowest BCUT2D eigenvalue weighted by atomic mass is 10.2. The van der Waals surface area contributed by atoms with Crippen LogP contribution in [0.1, 0.15) is 12.0 Å². The van der Waals surface area contributed by atoms with Crippen molar-refractivity contribution in [2.24, 2.45) is 0 Å². The first-order valence-corrected chi connectivity index (χ1v) is 9.60. The SMILES string of the molecule is CN(CCC(=O)O)c1nc(-c2cc(-c3ccon3)n(Cc3ccccc3F)n2)ncc1F. The summed E-state index contributed by atoms with van der Waals surface area (Å²) >= 11 is 0. The van der Waals surface area contributed by atoms with E-state index >= 15 is 0 Å². The Bertz CT molecular complexity index is 1240. The average molecular weight is 440 g/mol. The van der Waals surface area contributed by atoms with Gasteiger partial charge in [0, 0.05) is 25.2 Å². The Hall–Kier alpha value is -4.15. The fraction of sp³-hybridized carbons (Fsp3) is 0.190. The van der Waals surface area contributed by atoms with Crippen molar-refractivity contribution < 1.29 is 23.2 Å². The Morgan fingerprint density at radius 3 is 2.72 bits per heavy atom. The number of carboxylic acids is 1. The summed E-state index contributed by atoms with van der Waals surface area (Å²) in [4.78, 5) is 20.5. The van der Waals surface area contributed by atoms with Crippen molar-refractivity contribution in [2.45, 2.75) is 13.0 Å². The van der Waals surface area contributed by atoms with Gasteiger partial charge in [0.1, 0.15) is 23.5 Å². The molecule has 1 N–H and O–H groups in total. The summed E-state index contributed by atoms with van der Waals surface area (Å²) < 4.78 is 35.0. The molecule has 0 bridgehead atoms. The fourth-order valence-electron chi connectivity index (χ4n) is 3.10. The lowest BCUT2D eigenvalue weighted by Gasteiger charge is -2.17. The van der Waals surface area contributed by atoms with E-state index in [4.69, 9.17) is 9.63 Å². The number of rotatable bonds is 8. The second-order valence-corrected chi connectivity index (χ2v) is 6.98. The van der Waals surface area contributed by atoms with E-state index in [2.05, 4.69) is 20.2 Å². The minimum absolute atomic E-state index is 0.0529. The van der Waals surface area contributed by atoms with Gasteiger partial charge in [-0.3, -0.25) is 9.48 Å². The summed E-state index contributed by atoms with van der Waals surface area (Å²) in [5.74, 6) is -2.00. The lowest BCUT2D eigenvalue weighted by Crippen LogP contribution is -2.23. The van der Waals surface area contributed by atoms with Crippen LogP contribution in [0.15, 0.2) is 53.4 Å². The molecule has 0 saturated carbocycles. The third-order valence-electron chi connectivity index (χ3n) is 4.74. The van der Waals surface area contributed by atoms with Crippen molar-refractivity contribution in [1.82, 2.24) is 24.9 Å². The van der Waals surface area contributed by atoms with Gasteiger partial charge in [-0.2, -0.15) is 5.10 Å². The Morgan fingerprint density at radius 1 is 1.19 bits per heavy atom. The number of carboxylic acid groups (broad SMARTS) is 1. The zero-order chi connectivity index (χ0) is 22.7. The summed E-state index contributed by atoms with van der Waals surface area (Å²) in [5, 5.41) is 17.3. The van der Waals surface area contributed by atoms with E-state index in [1.807, 2.05) is 0 Å². The first kappa shape index (κ1) is 21.1. The molecule has 1 aromatic carbocycles. The monoisotopic (exact) mass is 440 g/mol. The van der Waals surface area contributed by atoms with Crippen LogP contribution in [0, 0.1) is 11.6 Å². The van der Waals surface area contributed by atoms with Crippen molar-refractivity contribution >= 4 is 11.8 Å². The van der Waals surface area contributed by atoms with Gasteiger partial charge in [-0.25, -0.2) is 18.7 Å². The number of carbonyl (C=O) groups is 1. The Labute approximate surface area is 180 Å². The van der Waals surface area contributed by atoms with Crippen LogP contribution in [0.5, 0.6) is 0 Å². The van der Waals surface area contributed by atoms with E-state index in [1.165, 1.54) is 29.0 Å². The van der Waals surface area contributed by atoms with Gasteiger partial charge in [-0.05, 0) is 12.1 Å². The summed E-state index contributed by atoms with van der Waals surface area (Å²) in [6, 6.07) is 9.61. The molecule has 0 radical (unpaired) electrons. The zero-order valence-electron chi connectivity index (χ0n) is 16.9. The van der Waals surface area contributed by atoms with E-state index in [0.29, 0.717) is 22.6 Å². The molecule has 0 saturated heterocycles. The maximum absolute atomic E-state index is 14.3. The fourth-order valence-corrected chi connectivity index (χ4v) is 3.10. The molecule has 4 rings (SSSR count). The Morgan fingerprint density at radius 2 is 2.00 bits per heavy atom. The molecule has 11 heteroatoms. The molecule has 9 nitrogen and oxygen atoms in total. The number of aromatic nitrogens is 5. The third kappa shape index (κ3) is 4.46. The minimum atomic E-state index is -1.00. The number of hydrogen-bond donors (Lipinski definition) is 1. The standard InChI is InChI=1S/C21H18F2N6O3/c1-28(8-6-19(30)31)21-15(23)11-24-20(25-21)17-10-18(16-7-9-32-27-16)29(26-17)12-13-4-2-3-5-14(13)22/h2-5,7,9-11H,6,8,12H2,1H3,(H,30,31). The van der Waals surface area contributed by atoms with Gasteiger partial charge in [0.15, 0.2) is 17.5 Å². The largest absolute Gasteiger partial charge is 0.481 e. The number of benzene rings is 1. The number of hydrogen-bond acceptors (Lipinski definition) is 7. The van der Waals surface area contributed by atoms with Gasteiger partial charge < -0.3 is 14.5 Å². The van der Waals surface area contributed by atoms with Crippen molar-refractivity contribution in [3.05, 3.63) is 66.1 Å². The second kappa shape index (κ2) is 8.92. The molecular weight excluding hydrogens is 422 g/mol.